The number of aryl methyl sites for hydroxylation is 1. The zero-order valence-corrected chi connectivity index (χ0v) is 16.7. The van der Waals surface area contributed by atoms with Crippen molar-refractivity contribution >= 4 is 11.8 Å². The minimum absolute atomic E-state index is 0.827. The molecule has 0 amide bonds. The van der Waals surface area contributed by atoms with Crippen molar-refractivity contribution in [1.29, 1.82) is 0 Å². The summed E-state index contributed by atoms with van der Waals surface area (Å²) in [6, 6.07) is 19.3. The molecule has 5 heteroatoms. The molecular weight excluding hydrogens is 352 g/mol. The van der Waals surface area contributed by atoms with E-state index in [-0.39, 0.29) is 0 Å². The number of hydrogen-bond acceptors (Lipinski definition) is 4. The number of hydrogen-bond donors (Lipinski definition) is 0. The number of nitrogens with zero attached hydrogens (tertiary/aromatic N) is 4. The summed E-state index contributed by atoms with van der Waals surface area (Å²) in [5.74, 6) is 1.99. The Balaban J connectivity index is 1.53. The average Bonchev–Trinajstić information content (AvgIpc) is 3.34. The molecule has 2 heterocycles. The number of likely N-dealkylation sites (tertiary alicyclic amines) is 1. The lowest BCUT2D eigenvalue weighted by Crippen LogP contribution is -2.21. The Morgan fingerprint density at radius 3 is 2.33 bits per heavy atom. The fourth-order valence-electron chi connectivity index (χ4n) is 3.44. The van der Waals surface area contributed by atoms with Crippen molar-refractivity contribution in [2.24, 2.45) is 0 Å². The van der Waals surface area contributed by atoms with Crippen LogP contribution in [0.25, 0.3) is 0 Å². The van der Waals surface area contributed by atoms with Gasteiger partial charge in [0.25, 0.3) is 0 Å². The monoisotopic (exact) mass is 378 g/mol. The van der Waals surface area contributed by atoms with E-state index in [1.807, 2.05) is 0 Å². The van der Waals surface area contributed by atoms with Crippen LogP contribution in [0.5, 0.6) is 0 Å². The molecular formula is C22H26N4S. The molecule has 0 radical (unpaired) electrons. The lowest BCUT2D eigenvalue weighted by Gasteiger charge is -2.16. The van der Waals surface area contributed by atoms with Crippen LogP contribution in [0.2, 0.25) is 0 Å². The van der Waals surface area contributed by atoms with Gasteiger partial charge in [0.05, 0.1) is 13.1 Å². The Morgan fingerprint density at radius 2 is 1.59 bits per heavy atom. The predicted molar refractivity (Wildman–Crippen MR) is 111 cm³/mol. The first-order valence-corrected chi connectivity index (χ1v) is 10.6. The van der Waals surface area contributed by atoms with Gasteiger partial charge in [-0.2, -0.15) is 0 Å². The van der Waals surface area contributed by atoms with Gasteiger partial charge in [-0.15, -0.1) is 10.2 Å². The minimum atomic E-state index is 0.827. The first-order chi connectivity index (χ1) is 13.3. The van der Waals surface area contributed by atoms with E-state index in [0.717, 1.165) is 29.8 Å². The molecule has 1 aliphatic rings. The van der Waals surface area contributed by atoms with Crippen LogP contribution in [0.1, 0.15) is 35.4 Å². The summed E-state index contributed by atoms with van der Waals surface area (Å²) in [4.78, 5) is 2.49. The molecule has 0 aliphatic carbocycles. The third-order valence-corrected chi connectivity index (χ3v) is 6.07. The Hall–Kier alpha value is -2.11. The molecule has 0 unspecified atom stereocenters. The molecule has 0 atom stereocenters. The van der Waals surface area contributed by atoms with Gasteiger partial charge in [0.1, 0.15) is 5.82 Å². The SMILES string of the molecule is Cc1ccc(CSc2nnc(CN3CCCC3)n2Cc2ccccc2)cc1. The van der Waals surface area contributed by atoms with E-state index in [1.165, 1.54) is 42.6 Å². The molecule has 27 heavy (non-hydrogen) atoms. The van der Waals surface area contributed by atoms with Crippen molar-refractivity contribution in [1.82, 2.24) is 19.7 Å². The smallest absolute Gasteiger partial charge is 0.191 e. The second-order valence-corrected chi connectivity index (χ2v) is 8.17. The van der Waals surface area contributed by atoms with E-state index in [4.69, 9.17) is 0 Å². The zero-order chi connectivity index (χ0) is 18.5. The molecule has 0 bridgehead atoms. The van der Waals surface area contributed by atoms with Gasteiger partial charge >= 0.3 is 0 Å². The summed E-state index contributed by atoms with van der Waals surface area (Å²) in [5, 5.41) is 10.1. The van der Waals surface area contributed by atoms with Crippen LogP contribution in [0.15, 0.2) is 59.8 Å². The number of rotatable bonds is 7. The van der Waals surface area contributed by atoms with Gasteiger partial charge in [-0.25, -0.2) is 0 Å². The lowest BCUT2D eigenvalue weighted by atomic mass is 10.2. The third kappa shape index (κ3) is 4.79. The number of benzene rings is 2. The highest BCUT2D eigenvalue weighted by Gasteiger charge is 2.18. The summed E-state index contributed by atoms with van der Waals surface area (Å²) in [6.07, 6.45) is 2.59. The first kappa shape index (κ1) is 18.3. The minimum Gasteiger partial charge on any atom is -0.300 e. The van der Waals surface area contributed by atoms with Crippen LogP contribution in [0, 0.1) is 6.92 Å². The van der Waals surface area contributed by atoms with Gasteiger partial charge in [-0.3, -0.25) is 4.90 Å². The lowest BCUT2D eigenvalue weighted by molar-refractivity contribution is 0.316. The molecule has 4 rings (SSSR count). The van der Waals surface area contributed by atoms with Crippen LogP contribution >= 0.6 is 11.8 Å². The van der Waals surface area contributed by atoms with E-state index in [9.17, 15) is 0 Å². The Morgan fingerprint density at radius 1 is 0.852 bits per heavy atom. The molecule has 2 aromatic carbocycles. The van der Waals surface area contributed by atoms with Gasteiger partial charge in [0, 0.05) is 5.75 Å². The highest BCUT2D eigenvalue weighted by molar-refractivity contribution is 7.98. The summed E-state index contributed by atoms with van der Waals surface area (Å²) in [6.45, 7) is 6.18. The Labute approximate surface area is 165 Å². The standard InChI is InChI=1S/C22H26N4S/c1-18-9-11-20(12-10-18)17-27-22-24-23-21(16-25-13-5-6-14-25)26(22)15-19-7-3-2-4-8-19/h2-4,7-12H,5-6,13-17H2,1H3. The average molecular weight is 379 g/mol. The van der Waals surface area contributed by atoms with Crippen molar-refractivity contribution in [3.8, 4) is 0 Å². The topological polar surface area (TPSA) is 34.0 Å². The molecule has 4 nitrogen and oxygen atoms in total. The highest BCUT2D eigenvalue weighted by Crippen LogP contribution is 2.24. The van der Waals surface area contributed by atoms with E-state index < -0.39 is 0 Å². The molecule has 1 saturated heterocycles. The van der Waals surface area contributed by atoms with Crippen molar-refractivity contribution in [2.45, 2.75) is 43.8 Å². The molecule has 140 valence electrons. The largest absolute Gasteiger partial charge is 0.300 e. The van der Waals surface area contributed by atoms with Crippen molar-refractivity contribution in [2.75, 3.05) is 13.1 Å². The van der Waals surface area contributed by atoms with E-state index in [0.29, 0.717) is 0 Å². The van der Waals surface area contributed by atoms with Crippen LogP contribution in [0.3, 0.4) is 0 Å². The molecule has 1 aliphatic heterocycles. The van der Waals surface area contributed by atoms with Gasteiger partial charge in [-0.1, -0.05) is 71.9 Å². The zero-order valence-electron chi connectivity index (χ0n) is 15.8. The van der Waals surface area contributed by atoms with Crippen LogP contribution < -0.4 is 0 Å². The molecule has 0 saturated carbocycles. The quantitative estimate of drug-likeness (QED) is 0.566. The summed E-state index contributed by atoms with van der Waals surface area (Å²) >= 11 is 1.77. The maximum atomic E-state index is 4.55. The van der Waals surface area contributed by atoms with Crippen LogP contribution in [-0.4, -0.2) is 32.8 Å². The van der Waals surface area contributed by atoms with Crippen molar-refractivity contribution in [3.05, 3.63) is 77.1 Å². The maximum absolute atomic E-state index is 4.55. The molecule has 3 aromatic rings. The van der Waals surface area contributed by atoms with Crippen LogP contribution in [-0.2, 0) is 18.8 Å². The summed E-state index contributed by atoms with van der Waals surface area (Å²) < 4.78 is 2.30. The second-order valence-electron chi connectivity index (χ2n) is 7.23. The van der Waals surface area contributed by atoms with E-state index in [2.05, 4.69) is 81.2 Å². The second kappa shape index (κ2) is 8.72. The van der Waals surface area contributed by atoms with Crippen LogP contribution in [0.4, 0.5) is 0 Å². The molecule has 1 fully saturated rings. The normalized spacial score (nSPS) is 14.7. The van der Waals surface area contributed by atoms with Crippen molar-refractivity contribution < 1.29 is 0 Å². The molecule has 0 spiro atoms. The summed E-state index contributed by atoms with van der Waals surface area (Å²) in [5.41, 5.74) is 3.90. The number of thioether (sulfide) groups is 1. The third-order valence-electron chi connectivity index (χ3n) is 5.03. The van der Waals surface area contributed by atoms with Gasteiger partial charge in [-0.05, 0) is 44.0 Å². The predicted octanol–water partition coefficient (Wildman–Crippen LogP) is 4.52. The van der Waals surface area contributed by atoms with E-state index in [1.54, 1.807) is 11.8 Å². The highest BCUT2D eigenvalue weighted by atomic mass is 32.2. The Kier molecular flexibility index (Phi) is 5.90. The Bertz CT molecular complexity index is 852. The fraction of sp³-hybridized carbons (Fsp3) is 0.364. The molecule has 1 aromatic heterocycles. The van der Waals surface area contributed by atoms with E-state index >= 15 is 0 Å². The number of aromatic nitrogens is 3. The van der Waals surface area contributed by atoms with Gasteiger partial charge < -0.3 is 4.57 Å². The van der Waals surface area contributed by atoms with Crippen molar-refractivity contribution in [3.63, 3.8) is 0 Å². The fourth-order valence-corrected chi connectivity index (χ4v) is 4.35. The summed E-state index contributed by atoms with van der Waals surface area (Å²) in [7, 11) is 0. The first-order valence-electron chi connectivity index (χ1n) is 9.64. The molecule has 0 N–H and O–H groups in total. The van der Waals surface area contributed by atoms with Gasteiger partial charge in [0.15, 0.2) is 5.16 Å². The maximum Gasteiger partial charge on any atom is 0.191 e. The van der Waals surface area contributed by atoms with Gasteiger partial charge in [0.2, 0.25) is 0 Å².